The summed E-state index contributed by atoms with van der Waals surface area (Å²) in [5.74, 6) is 0.968. The van der Waals surface area contributed by atoms with E-state index >= 15 is 0 Å². The topological polar surface area (TPSA) is 62.5 Å². The Morgan fingerprint density at radius 3 is 2.27 bits per heavy atom. The highest BCUT2D eigenvalue weighted by molar-refractivity contribution is 5.78. The summed E-state index contributed by atoms with van der Waals surface area (Å²) in [5, 5.41) is 0.473. The van der Waals surface area contributed by atoms with Gasteiger partial charge in [-0.2, -0.15) is 0 Å². The predicted octanol–water partition coefficient (Wildman–Crippen LogP) is 3.53. The summed E-state index contributed by atoms with van der Waals surface area (Å²) in [4.78, 5) is 26.8. The number of methoxy groups -OCH3 is 2. The highest BCUT2D eigenvalue weighted by Gasteiger charge is 2.16. The summed E-state index contributed by atoms with van der Waals surface area (Å²) in [7, 11) is 3.05. The van der Waals surface area contributed by atoms with Crippen molar-refractivity contribution < 1.29 is 9.47 Å². The molecule has 1 heterocycles. The molecule has 0 aliphatic heterocycles. The third-order valence-corrected chi connectivity index (χ3v) is 5.27. The lowest BCUT2D eigenvalue weighted by Crippen LogP contribution is -2.39. The van der Waals surface area contributed by atoms with Crippen molar-refractivity contribution in [2.45, 2.75) is 13.5 Å². The van der Waals surface area contributed by atoms with Crippen LogP contribution in [-0.2, 0) is 6.54 Å². The molecule has 0 amide bonds. The monoisotopic (exact) mass is 402 g/mol. The van der Waals surface area contributed by atoms with Crippen molar-refractivity contribution >= 4 is 10.9 Å². The van der Waals surface area contributed by atoms with Crippen LogP contribution >= 0.6 is 0 Å². The number of fused-ring (bicyclic) bond motifs is 1. The number of hydrogen-bond donors (Lipinski definition) is 0. The van der Waals surface area contributed by atoms with Gasteiger partial charge in [0.15, 0.2) is 11.5 Å². The summed E-state index contributed by atoms with van der Waals surface area (Å²) in [6.07, 6.45) is 0. The second-order valence-electron chi connectivity index (χ2n) is 6.99. The lowest BCUT2D eigenvalue weighted by atomic mass is 10.1. The molecule has 1 aromatic heterocycles. The van der Waals surface area contributed by atoms with Crippen LogP contribution in [0.3, 0.4) is 0 Å². The summed E-state index contributed by atoms with van der Waals surface area (Å²) in [5.41, 5.74) is 2.34. The Morgan fingerprint density at radius 1 is 0.833 bits per heavy atom. The van der Waals surface area contributed by atoms with Gasteiger partial charge in [-0.25, -0.2) is 9.36 Å². The Bertz CT molecular complexity index is 1350. The van der Waals surface area contributed by atoms with E-state index in [0.717, 1.165) is 11.1 Å². The fourth-order valence-corrected chi connectivity index (χ4v) is 3.62. The average molecular weight is 402 g/mol. The van der Waals surface area contributed by atoms with Crippen molar-refractivity contribution in [2.24, 2.45) is 0 Å². The number of ether oxygens (including phenoxy) is 2. The Hall–Kier alpha value is -3.80. The van der Waals surface area contributed by atoms with E-state index in [-0.39, 0.29) is 5.56 Å². The van der Waals surface area contributed by atoms with Gasteiger partial charge in [-0.1, -0.05) is 36.4 Å². The van der Waals surface area contributed by atoms with Crippen LogP contribution < -0.4 is 20.7 Å². The van der Waals surface area contributed by atoms with Gasteiger partial charge in [0.25, 0.3) is 5.56 Å². The molecule has 0 saturated carbocycles. The van der Waals surface area contributed by atoms with E-state index < -0.39 is 5.69 Å². The van der Waals surface area contributed by atoms with Gasteiger partial charge in [0.2, 0.25) is 0 Å². The van der Waals surface area contributed by atoms with Gasteiger partial charge < -0.3 is 9.47 Å². The number of aryl methyl sites for hydroxylation is 1. The van der Waals surface area contributed by atoms with Crippen molar-refractivity contribution in [3.8, 4) is 17.2 Å². The lowest BCUT2D eigenvalue weighted by molar-refractivity contribution is 0.355. The van der Waals surface area contributed by atoms with E-state index in [4.69, 9.17) is 9.47 Å². The van der Waals surface area contributed by atoms with Gasteiger partial charge in [0.1, 0.15) is 0 Å². The molecule has 6 nitrogen and oxygen atoms in total. The number of para-hydroxylation sites is 1. The summed E-state index contributed by atoms with van der Waals surface area (Å²) < 4.78 is 13.5. The molecule has 3 aromatic carbocycles. The molecular weight excluding hydrogens is 380 g/mol. The minimum Gasteiger partial charge on any atom is -0.493 e. The number of hydrogen-bond acceptors (Lipinski definition) is 4. The molecule has 0 aliphatic carbocycles. The quantitative estimate of drug-likeness (QED) is 0.512. The van der Waals surface area contributed by atoms with E-state index in [9.17, 15) is 9.59 Å². The molecule has 152 valence electrons. The first-order valence-electron chi connectivity index (χ1n) is 9.56. The van der Waals surface area contributed by atoms with Gasteiger partial charge in [-0.3, -0.25) is 9.36 Å². The summed E-state index contributed by atoms with van der Waals surface area (Å²) in [6.45, 7) is 2.37. The number of nitrogens with zero attached hydrogens (tertiary/aromatic N) is 2. The molecule has 0 radical (unpaired) electrons. The normalized spacial score (nSPS) is 10.9. The Morgan fingerprint density at radius 2 is 1.53 bits per heavy atom. The molecule has 0 spiro atoms. The molecule has 6 heteroatoms. The number of rotatable bonds is 5. The Balaban J connectivity index is 2.01. The molecular formula is C24H22N2O4. The maximum atomic E-state index is 13.5. The zero-order chi connectivity index (χ0) is 21.3. The van der Waals surface area contributed by atoms with Crippen LogP contribution in [0.2, 0.25) is 0 Å². The van der Waals surface area contributed by atoms with Crippen molar-refractivity contribution in [1.29, 1.82) is 0 Å². The highest BCUT2D eigenvalue weighted by atomic mass is 16.5. The summed E-state index contributed by atoms with van der Waals surface area (Å²) >= 11 is 0. The van der Waals surface area contributed by atoms with Gasteiger partial charge in [0.05, 0.1) is 37.4 Å². The van der Waals surface area contributed by atoms with E-state index in [0.29, 0.717) is 34.6 Å². The SMILES string of the molecule is COc1ccc(-n2c(=O)c3ccccc3n(Cc3ccccc3C)c2=O)cc1OC. The Labute approximate surface area is 173 Å². The van der Waals surface area contributed by atoms with Crippen LogP contribution in [0.25, 0.3) is 16.6 Å². The van der Waals surface area contributed by atoms with Crippen LogP contribution in [0.5, 0.6) is 11.5 Å². The standard InChI is InChI=1S/C24H22N2O4/c1-16-8-4-5-9-17(16)15-25-20-11-7-6-10-19(20)23(27)26(24(25)28)18-12-13-21(29-2)22(14-18)30-3/h4-14H,15H2,1-3H3. The van der Waals surface area contributed by atoms with Crippen molar-refractivity contribution in [2.75, 3.05) is 14.2 Å². The molecule has 0 N–H and O–H groups in total. The van der Waals surface area contributed by atoms with Crippen molar-refractivity contribution in [3.63, 3.8) is 0 Å². The minimum absolute atomic E-state index is 0.361. The zero-order valence-corrected chi connectivity index (χ0v) is 17.1. The van der Waals surface area contributed by atoms with Crippen LogP contribution in [0.1, 0.15) is 11.1 Å². The lowest BCUT2D eigenvalue weighted by Gasteiger charge is -2.16. The fraction of sp³-hybridized carbons (Fsp3) is 0.167. The van der Waals surface area contributed by atoms with Crippen molar-refractivity contribution in [3.05, 3.63) is 98.7 Å². The van der Waals surface area contributed by atoms with Gasteiger partial charge in [-0.05, 0) is 42.3 Å². The van der Waals surface area contributed by atoms with Crippen LogP contribution in [0.4, 0.5) is 0 Å². The fourth-order valence-electron chi connectivity index (χ4n) is 3.62. The van der Waals surface area contributed by atoms with E-state index in [1.807, 2.05) is 37.3 Å². The smallest absolute Gasteiger partial charge is 0.336 e. The minimum atomic E-state index is -0.408. The first-order chi connectivity index (χ1) is 14.5. The van der Waals surface area contributed by atoms with E-state index in [2.05, 4.69) is 0 Å². The molecule has 4 aromatic rings. The maximum absolute atomic E-state index is 13.5. The second kappa shape index (κ2) is 7.91. The molecule has 0 aliphatic rings. The van der Waals surface area contributed by atoms with E-state index in [1.165, 1.54) is 18.8 Å². The first kappa shape index (κ1) is 19.5. The third-order valence-electron chi connectivity index (χ3n) is 5.27. The Kier molecular flexibility index (Phi) is 5.14. The molecule has 0 fully saturated rings. The molecule has 30 heavy (non-hydrogen) atoms. The number of benzene rings is 3. The van der Waals surface area contributed by atoms with Gasteiger partial charge in [0, 0.05) is 6.07 Å². The molecule has 4 rings (SSSR count). The molecule has 0 saturated heterocycles. The average Bonchev–Trinajstić information content (AvgIpc) is 2.77. The third kappa shape index (κ3) is 3.26. The van der Waals surface area contributed by atoms with Gasteiger partial charge in [-0.15, -0.1) is 0 Å². The van der Waals surface area contributed by atoms with Crippen molar-refractivity contribution in [1.82, 2.24) is 9.13 Å². The predicted molar refractivity (Wildman–Crippen MR) is 117 cm³/mol. The van der Waals surface area contributed by atoms with Crippen LogP contribution in [-0.4, -0.2) is 23.4 Å². The number of aromatic nitrogens is 2. The van der Waals surface area contributed by atoms with Crippen LogP contribution in [0, 0.1) is 6.92 Å². The summed E-state index contributed by atoms with van der Waals surface area (Å²) in [6, 6.07) is 20.1. The van der Waals surface area contributed by atoms with E-state index in [1.54, 1.807) is 41.0 Å². The molecule has 0 bridgehead atoms. The second-order valence-corrected chi connectivity index (χ2v) is 6.99. The highest BCUT2D eigenvalue weighted by Crippen LogP contribution is 2.28. The molecule has 0 atom stereocenters. The largest absolute Gasteiger partial charge is 0.493 e. The first-order valence-corrected chi connectivity index (χ1v) is 9.56. The molecule has 0 unspecified atom stereocenters. The van der Waals surface area contributed by atoms with Gasteiger partial charge >= 0.3 is 5.69 Å². The zero-order valence-electron chi connectivity index (χ0n) is 17.1. The van der Waals surface area contributed by atoms with Crippen LogP contribution in [0.15, 0.2) is 76.3 Å². The maximum Gasteiger partial charge on any atom is 0.336 e.